The van der Waals surface area contributed by atoms with Crippen molar-refractivity contribution >= 4 is 5.69 Å². The fraction of sp³-hybridized carbons (Fsp3) is 0.647. The van der Waals surface area contributed by atoms with Crippen molar-refractivity contribution < 1.29 is 9.47 Å². The summed E-state index contributed by atoms with van der Waals surface area (Å²) in [6, 6.07) is 6.73. The monoisotopic (exact) mass is 273 g/mol. The average Bonchev–Trinajstić information content (AvgIpc) is 3.05. The van der Waals surface area contributed by atoms with Gasteiger partial charge in [0, 0.05) is 17.8 Å². The molecule has 108 valence electrons. The van der Waals surface area contributed by atoms with E-state index in [1.54, 1.807) is 0 Å². The molecule has 1 heterocycles. The molecule has 1 N–H and O–H groups in total. The molecule has 2 aliphatic carbocycles. The Morgan fingerprint density at radius 2 is 1.95 bits per heavy atom. The first kappa shape index (κ1) is 12.4. The first-order chi connectivity index (χ1) is 9.49. The summed E-state index contributed by atoms with van der Waals surface area (Å²) in [6.45, 7) is 7.64. The van der Waals surface area contributed by atoms with Crippen LogP contribution in [-0.4, -0.2) is 12.8 Å². The van der Waals surface area contributed by atoms with E-state index in [9.17, 15) is 0 Å². The maximum Gasteiger partial charge on any atom is 0.231 e. The molecule has 1 aromatic carbocycles. The lowest BCUT2D eigenvalue weighted by Gasteiger charge is -2.43. The quantitative estimate of drug-likeness (QED) is 0.882. The predicted molar refractivity (Wildman–Crippen MR) is 79.2 cm³/mol. The molecule has 4 rings (SSSR count). The van der Waals surface area contributed by atoms with Gasteiger partial charge in [-0.05, 0) is 48.1 Å². The Labute approximate surface area is 120 Å². The molecule has 3 atom stereocenters. The van der Waals surface area contributed by atoms with Crippen LogP contribution < -0.4 is 14.8 Å². The van der Waals surface area contributed by atoms with Crippen LogP contribution in [0.1, 0.15) is 40.0 Å². The highest BCUT2D eigenvalue weighted by molar-refractivity contribution is 5.56. The summed E-state index contributed by atoms with van der Waals surface area (Å²) < 4.78 is 10.9. The minimum absolute atomic E-state index is 0.341. The van der Waals surface area contributed by atoms with E-state index in [0.29, 0.717) is 23.7 Å². The lowest BCUT2D eigenvalue weighted by atomic mass is 9.68. The van der Waals surface area contributed by atoms with Crippen LogP contribution in [0.5, 0.6) is 11.5 Å². The van der Waals surface area contributed by atoms with Crippen LogP contribution in [0, 0.1) is 16.7 Å². The van der Waals surface area contributed by atoms with Crippen LogP contribution in [0.15, 0.2) is 18.2 Å². The molecule has 1 aromatic rings. The second-order valence-corrected chi connectivity index (χ2v) is 7.56. The van der Waals surface area contributed by atoms with Gasteiger partial charge in [0.1, 0.15) is 0 Å². The van der Waals surface area contributed by atoms with E-state index < -0.39 is 0 Å². The van der Waals surface area contributed by atoms with Gasteiger partial charge in [0.25, 0.3) is 0 Å². The van der Waals surface area contributed by atoms with Gasteiger partial charge in [0.15, 0.2) is 11.5 Å². The molecule has 3 heteroatoms. The lowest BCUT2D eigenvalue weighted by Crippen LogP contribution is -2.45. The van der Waals surface area contributed by atoms with Gasteiger partial charge < -0.3 is 14.8 Å². The maximum atomic E-state index is 5.48. The number of benzene rings is 1. The highest BCUT2D eigenvalue weighted by Gasteiger charge is 2.59. The van der Waals surface area contributed by atoms with E-state index in [2.05, 4.69) is 38.2 Å². The van der Waals surface area contributed by atoms with Gasteiger partial charge >= 0.3 is 0 Å². The zero-order valence-electron chi connectivity index (χ0n) is 12.5. The smallest absolute Gasteiger partial charge is 0.231 e. The van der Waals surface area contributed by atoms with Gasteiger partial charge in [-0.3, -0.25) is 0 Å². The van der Waals surface area contributed by atoms with Crippen LogP contribution >= 0.6 is 0 Å². The van der Waals surface area contributed by atoms with Crippen molar-refractivity contribution in [2.24, 2.45) is 16.7 Å². The van der Waals surface area contributed by atoms with Crippen molar-refractivity contribution in [2.45, 2.75) is 46.1 Å². The number of rotatable bonds is 2. The maximum absolute atomic E-state index is 5.48. The van der Waals surface area contributed by atoms with Crippen LogP contribution in [0.3, 0.4) is 0 Å². The van der Waals surface area contributed by atoms with E-state index in [0.717, 1.165) is 23.1 Å². The van der Waals surface area contributed by atoms with E-state index in [4.69, 9.17) is 9.47 Å². The minimum Gasteiger partial charge on any atom is -0.454 e. The normalized spacial score (nSPS) is 36.4. The first-order valence-electron chi connectivity index (χ1n) is 7.65. The second-order valence-electron chi connectivity index (χ2n) is 7.56. The Balaban J connectivity index is 1.62. The summed E-state index contributed by atoms with van der Waals surface area (Å²) >= 11 is 0. The Morgan fingerprint density at radius 3 is 2.70 bits per heavy atom. The fourth-order valence-electron chi connectivity index (χ4n) is 4.82. The molecule has 0 amide bonds. The SMILES string of the molecule is CC12CCC(C1)C(C)(C)C2Nc1ccc2c(c1)OCO2. The largest absolute Gasteiger partial charge is 0.454 e. The molecule has 20 heavy (non-hydrogen) atoms. The van der Waals surface area contributed by atoms with Crippen molar-refractivity contribution in [1.82, 2.24) is 0 Å². The van der Waals surface area contributed by atoms with Crippen molar-refractivity contribution in [3.8, 4) is 11.5 Å². The molecule has 0 aromatic heterocycles. The van der Waals surface area contributed by atoms with Gasteiger partial charge in [-0.25, -0.2) is 0 Å². The third-order valence-corrected chi connectivity index (χ3v) is 5.95. The first-order valence-corrected chi connectivity index (χ1v) is 7.65. The Morgan fingerprint density at radius 1 is 1.15 bits per heavy atom. The molecular weight excluding hydrogens is 250 g/mol. The fourth-order valence-corrected chi connectivity index (χ4v) is 4.82. The molecule has 3 nitrogen and oxygen atoms in total. The zero-order chi connectivity index (χ0) is 14.0. The molecule has 1 aliphatic heterocycles. The van der Waals surface area contributed by atoms with Crippen LogP contribution in [0.2, 0.25) is 0 Å². The Bertz CT molecular complexity index is 549. The van der Waals surface area contributed by atoms with Crippen LogP contribution in [-0.2, 0) is 0 Å². The number of hydrogen-bond acceptors (Lipinski definition) is 3. The molecule has 0 radical (unpaired) electrons. The summed E-state index contributed by atoms with van der Waals surface area (Å²) in [4.78, 5) is 0. The van der Waals surface area contributed by atoms with Gasteiger partial charge in [-0.15, -0.1) is 0 Å². The van der Waals surface area contributed by atoms with Crippen molar-refractivity contribution in [3.05, 3.63) is 18.2 Å². The summed E-state index contributed by atoms with van der Waals surface area (Å²) in [6.07, 6.45) is 4.11. The highest BCUT2D eigenvalue weighted by Crippen LogP contribution is 2.63. The third kappa shape index (κ3) is 1.58. The minimum atomic E-state index is 0.341. The molecule has 3 aliphatic rings. The number of anilines is 1. The molecule has 0 saturated heterocycles. The zero-order valence-corrected chi connectivity index (χ0v) is 12.5. The Kier molecular flexibility index (Phi) is 2.37. The van der Waals surface area contributed by atoms with Gasteiger partial charge in [-0.1, -0.05) is 20.8 Å². The summed E-state index contributed by atoms with van der Waals surface area (Å²) in [5, 5.41) is 3.80. The summed E-state index contributed by atoms with van der Waals surface area (Å²) in [7, 11) is 0. The predicted octanol–water partition coefficient (Wildman–Crippen LogP) is 4.04. The lowest BCUT2D eigenvalue weighted by molar-refractivity contribution is 0.155. The number of nitrogens with one attached hydrogen (secondary N) is 1. The summed E-state index contributed by atoms with van der Waals surface area (Å²) in [5.74, 6) is 2.58. The third-order valence-electron chi connectivity index (χ3n) is 5.95. The number of ether oxygens (including phenoxy) is 2. The molecule has 2 bridgehead atoms. The molecule has 3 unspecified atom stereocenters. The average molecular weight is 273 g/mol. The highest BCUT2D eigenvalue weighted by atomic mass is 16.7. The molecule has 0 spiro atoms. The number of fused-ring (bicyclic) bond motifs is 3. The topological polar surface area (TPSA) is 30.5 Å². The molecular formula is C17H23NO2. The van der Waals surface area contributed by atoms with Crippen molar-refractivity contribution in [2.75, 3.05) is 12.1 Å². The molecule has 2 fully saturated rings. The van der Waals surface area contributed by atoms with Gasteiger partial charge in [0.2, 0.25) is 6.79 Å². The van der Waals surface area contributed by atoms with Crippen LogP contribution in [0.25, 0.3) is 0 Å². The van der Waals surface area contributed by atoms with E-state index in [1.807, 2.05) is 6.07 Å². The van der Waals surface area contributed by atoms with Crippen molar-refractivity contribution in [1.29, 1.82) is 0 Å². The van der Waals surface area contributed by atoms with Gasteiger partial charge in [-0.2, -0.15) is 0 Å². The molecule has 2 saturated carbocycles. The number of hydrogen-bond donors (Lipinski definition) is 1. The Hall–Kier alpha value is -1.38. The summed E-state index contributed by atoms with van der Waals surface area (Å²) in [5.41, 5.74) is 1.95. The van der Waals surface area contributed by atoms with Gasteiger partial charge in [0.05, 0.1) is 0 Å². The van der Waals surface area contributed by atoms with E-state index in [1.165, 1.54) is 19.3 Å². The van der Waals surface area contributed by atoms with Crippen LogP contribution in [0.4, 0.5) is 5.69 Å². The second kappa shape index (κ2) is 3.84. The van der Waals surface area contributed by atoms with Crippen molar-refractivity contribution in [3.63, 3.8) is 0 Å². The van der Waals surface area contributed by atoms with E-state index in [-0.39, 0.29) is 0 Å². The standard InChI is InChI=1S/C17H23NO2/c1-16(2)11-6-7-17(3,9-11)15(16)18-12-4-5-13-14(8-12)20-10-19-13/h4-5,8,11,15,18H,6-7,9-10H2,1-3H3. The van der Waals surface area contributed by atoms with E-state index >= 15 is 0 Å².